The summed E-state index contributed by atoms with van der Waals surface area (Å²) in [6, 6.07) is 10.3. The van der Waals surface area contributed by atoms with E-state index in [1.807, 2.05) is 26.0 Å². The summed E-state index contributed by atoms with van der Waals surface area (Å²) in [5.41, 5.74) is 1.02. The standard InChI is InChI=1S/C17H22FNO2/c1-3-16(20)11-19(12-17-9-4-13(2)21-17)10-14-5-7-15(18)8-6-14/h4-9,16,20H,3,10-12H2,1-2H3/t16-/m1/s1. The lowest BCUT2D eigenvalue weighted by molar-refractivity contribution is 0.0972. The van der Waals surface area contributed by atoms with Gasteiger partial charge in [0.25, 0.3) is 0 Å². The Morgan fingerprint density at radius 2 is 1.86 bits per heavy atom. The molecule has 3 nitrogen and oxygen atoms in total. The van der Waals surface area contributed by atoms with E-state index in [2.05, 4.69) is 4.90 Å². The molecule has 1 N–H and O–H groups in total. The molecule has 0 aliphatic rings. The molecule has 0 radical (unpaired) electrons. The number of hydrogen-bond donors (Lipinski definition) is 1. The number of rotatable bonds is 7. The van der Waals surface area contributed by atoms with Crippen LogP contribution in [0.25, 0.3) is 0 Å². The lowest BCUT2D eigenvalue weighted by atomic mass is 10.2. The molecule has 0 bridgehead atoms. The van der Waals surface area contributed by atoms with Gasteiger partial charge in [0.1, 0.15) is 17.3 Å². The van der Waals surface area contributed by atoms with E-state index in [1.165, 1.54) is 12.1 Å². The lowest BCUT2D eigenvalue weighted by Gasteiger charge is -2.23. The second-order valence-corrected chi connectivity index (χ2v) is 5.37. The Labute approximate surface area is 125 Å². The van der Waals surface area contributed by atoms with E-state index in [9.17, 15) is 9.50 Å². The monoisotopic (exact) mass is 291 g/mol. The third-order valence-electron chi connectivity index (χ3n) is 3.44. The zero-order chi connectivity index (χ0) is 15.2. The maximum absolute atomic E-state index is 13.0. The highest BCUT2D eigenvalue weighted by molar-refractivity contribution is 5.16. The van der Waals surface area contributed by atoms with Crippen molar-refractivity contribution in [2.24, 2.45) is 0 Å². The fraction of sp³-hybridized carbons (Fsp3) is 0.412. The second-order valence-electron chi connectivity index (χ2n) is 5.37. The first-order valence-electron chi connectivity index (χ1n) is 7.27. The normalized spacial score (nSPS) is 12.8. The molecule has 2 aromatic rings. The molecule has 1 atom stereocenters. The molecule has 0 saturated carbocycles. The van der Waals surface area contributed by atoms with Crippen molar-refractivity contribution in [3.63, 3.8) is 0 Å². The molecular weight excluding hydrogens is 269 g/mol. The first-order valence-corrected chi connectivity index (χ1v) is 7.27. The van der Waals surface area contributed by atoms with E-state index in [4.69, 9.17) is 4.42 Å². The Morgan fingerprint density at radius 1 is 1.14 bits per heavy atom. The molecule has 1 aromatic heterocycles. The van der Waals surface area contributed by atoms with Gasteiger partial charge in [-0.15, -0.1) is 0 Å². The number of aliphatic hydroxyl groups is 1. The third-order valence-corrected chi connectivity index (χ3v) is 3.44. The second kappa shape index (κ2) is 7.38. The number of aryl methyl sites for hydroxylation is 1. The minimum atomic E-state index is -0.374. The maximum atomic E-state index is 13.0. The first kappa shape index (κ1) is 15.7. The lowest BCUT2D eigenvalue weighted by Crippen LogP contribution is -2.31. The SMILES string of the molecule is CC[C@@H](O)CN(Cc1ccc(F)cc1)Cc1ccc(C)o1. The minimum absolute atomic E-state index is 0.236. The largest absolute Gasteiger partial charge is 0.465 e. The maximum Gasteiger partial charge on any atom is 0.123 e. The van der Waals surface area contributed by atoms with Gasteiger partial charge in [-0.2, -0.15) is 0 Å². The molecule has 4 heteroatoms. The van der Waals surface area contributed by atoms with Gasteiger partial charge in [0, 0.05) is 13.1 Å². The molecule has 0 amide bonds. The van der Waals surface area contributed by atoms with E-state index in [0.717, 1.165) is 17.1 Å². The van der Waals surface area contributed by atoms with Crippen molar-refractivity contribution >= 4 is 0 Å². The van der Waals surface area contributed by atoms with Gasteiger partial charge in [0.05, 0.1) is 12.6 Å². The van der Waals surface area contributed by atoms with Crippen LogP contribution in [0.1, 0.15) is 30.4 Å². The predicted molar refractivity (Wildman–Crippen MR) is 80.3 cm³/mol. The number of furan rings is 1. The quantitative estimate of drug-likeness (QED) is 0.848. The van der Waals surface area contributed by atoms with Gasteiger partial charge < -0.3 is 9.52 Å². The number of aliphatic hydroxyl groups excluding tert-OH is 1. The van der Waals surface area contributed by atoms with Gasteiger partial charge in [-0.3, -0.25) is 4.90 Å². The summed E-state index contributed by atoms with van der Waals surface area (Å²) in [6.45, 7) is 5.71. The van der Waals surface area contributed by atoms with Crippen LogP contribution in [0.5, 0.6) is 0 Å². The summed E-state index contributed by atoms with van der Waals surface area (Å²) >= 11 is 0. The molecule has 114 valence electrons. The summed E-state index contributed by atoms with van der Waals surface area (Å²) in [5.74, 6) is 1.52. The van der Waals surface area contributed by atoms with Crippen LogP contribution in [-0.4, -0.2) is 22.7 Å². The van der Waals surface area contributed by atoms with Crippen molar-refractivity contribution in [2.45, 2.75) is 39.5 Å². The molecule has 21 heavy (non-hydrogen) atoms. The van der Waals surface area contributed by atoms with E-state index in [-0.39, 0.29) is 11.9 Å². The Kier molecular flexibility index (Phi) is 5.53. The Balaban J connectivity index is 2.05. The fourth-order valence-corrected chi connectivity index (χ4v) is 2.25. The summed E-state index contributed by atoms with van der Waals surface area (Å²) in [7, 11) is 0. The highest BCUT2D eigenvalue weighted by atomic mass is 19.1. The summed E-state index contributed by atoms with van der Waals surface area (Å²) < 4.78 is 18.6. The van der Waals surface area contributed by atoms with E-state index in [1.54, 1.807) is 12.1 Å². The van der Waals surface area contributed by atoms with E-state index >= 15 is 0 Å². The van der Waals surface area contributed by atoms with E-state index in [0.29, 0.717) is 26.1 Å². The molecule has 0 aliphatic carbocycles. The van der Waals surface area contributed by atoms with Crippen molar-refractivity contribution < 1.29 is 13.9 Å². The van der Waals surface area contributed by atoms with Crippen molar-refractivity contribution in [1.82, 2.24) is 4.90 Å². The smallest absolute Gasteiger partial charge is 0.123 e. The fourth-order valence-electron chi connectivity index (χ4n) is 2.25. The van der Waals surface area contributed by atoms with Gasteiger partial charge in [-0.25, -0.2) is 4.39 Å². The van der Waals surface area contributed by atoms with Crippen LogP contribution in [0.4, 0.5) is 4.39 Å². The molecule has 0 spiro atoms. The zero-order valence-electron chi connectivity index (χ0n) is 12.6. The molecule has 0 unspecified atom stereocenters. The first-order chi connectivity index (χ1) is 10.1. The Morgan fingerprint density at radius 3 is 2.43 bits per heavy atom. The number of halogens is 1. The van der Waals surface area contributed by atoms with Gasteiger partial charge >= 0.3 is 0 Å². The van der Waals surface area contributed by atoms with Gasteiger partial charge in [-0.1, -0.05) is 19.1 Å². The molecule has 1 aromatic carbocycles. The van der Waals surface area contributed by atoms with Crippen molar-refractivity contribution in [1.29, 1.82) is 0 Å². The topological polar surface area (TPSA) is 36.6 Å². The summed E-state index contributed by atoms with van der Waals surface area (Å²) in [6.07, 6.45) is 0.332. The average Bonchev–Trinajstić information content (AvgIpc) is 2.86. The van der Waals surface area contributed by atoms with Crippen LogP contribution in [0.15, 0.2) is 40.8 Å². The minimum Gasteiger partial charge on any atom is -0.465 e. The van der Waals surface area contributed by atoms with Crippen molar-refractivity contribution in [3.05, 3.63) is 59.3 Å². The van der Waals surface area contributed by atoms with Gasteiger partial charge in [0.2, 0.25) is 0 Å². The predicted octanol–water partition coefficient (Wildman–Crippen LogP) is 3.50. The van der Waals surface area contributed by atoms with Crippen LogP contribution >= 0.6 is 0 Å². The molecule has 0 aliphatic heterocycles. The number of nitrogens with zero attached hydrogens (tertiary/aromatic N) is 1. The molecule has 1 heterocycles. The summed E-state index contributed by atoms with van der Waals surface area (Å²) in [4.78, 5) is 2.11. The van der Waals surface area contributed by atoms with Crippen LogP contribution in [0.2, 0.25) is 0 Å². The Bertz CT molecular complexity index is 550. The van der Waals surface area contributed by atoms with Gasteiger partial charge in [0.15, 0.2) is 0 Å². The Hall–Kier alpha value is -1.65. The number of benzene rings is 1. The molecule has 0 saturated heterocycles. The van der Waals surface area contributed by atoms with Gasteiger partial charge in [-0.05, 0) is 43.2 Å². The third kappa shape index (κ3) is 4.99. The van der Waals surface area contributed by atoms with Crippen molar-refractivity contribution in [2.75, 3.05) is 6.54 Å². The summed E-state index contributed by atoms with van der Waals surface area (Å²) in [5, 5.41) is 9.90. The average molecular weight is 291 g/mol. The van der Waals surface area contributed by atoms with E-state index < -0.39 is 0 Å². The molecular formula is C17H22FNO2. The highest BCUT2D eigenvalue weighted by Gasteiger charge is 2.13. The molecule has 0 fully saturated rings. The number of hydrogen-bond acceptors (Lipinski definition) is 3. The molecule has 2 rings (SSSR count). The van der Waals surface area contributed by atoms with Crippen LogP contribution in [0, 0.1) is 12.7 Å². The zero-order valence-corrected chi connectivity index (χ0v) is 12.6. The van der Waals surface area contributed by atoms with Crippen LogP contribution in [-0.2, 0) is 13.1 Å². The van der Waals surface area contributed by atoms with Crippen LogP contribution in [0.3, 0.4) is 0 Å². The highest BCUT2D eigenvalue weighted by Crippen LogP contribution is 2.14. The van der Waals surface area contributed by atoms with Crippen molar-refractivity contribution in [3.8, 4) is 0 Å². The van der Waals surface area contributed by atoms with Crippen LogP contribution < -0.4 is 0 Å².